The number of likely N-dealkylation sites (N-methyl/N-ethyl adjacent to an activating group) is 1. The number of amides is 1. The molecule has 0 saturated heterocycles. The van der Waals surface area contributed by atoms with Crippen molar-refractivity contribution in [1.82, 2.24) is 4.90 Å². The highest BCUT2D eigenvalue weighted by Crippen LogP contribution is 2.28. The summed E-state index contributed by atoms with van der Waals surface area (Å²) in [4.78, 5) is 14.6. The van der Waals surface area contributed by atoms with E-state index in [0.717, 1.165) is 30.8 Å². The van der Waals surface area contributed by atoms with E-state index in [-0.39, 0.29) is 12.4 Å². The van der Waals surface area contributed by atoms with Crippen LogP contribution in [0.3, 0.4) is 0 Å². The quantitative estimate of drug-likeness (QED) is 0.334. The first-order chi connectivity index (χ1) is 16.0. The summed E-state index contributed by atoms with van der Waals surface area (Å²) < 4.78 is 5.76. The van der Waals surface area contributed by atoms with Crippen LogP contribution >= 0.6 is 35.6 Å². The van der Waals surface area contributed by atoms with E-state index in [1.54, 1.807) is 18.2 Å². The van der Waals surface area contributed by atoms with Gasteiger partial charge in [0.25, 0.3) is 0 Å². The monoisotopic (exact) mass is 516 g/mol. The highest BCUT2D eigenvalue weighted by Gasteiger charge is 2.07. The van der Waals surface area contributed by atoms with Crippen molar-refractivity contribution in [2.24, 2.45) is 0 Å². The molecule has 0 bridgehead atoms. The van der Waals surface area contributed by atoms with Gasteiger partial charge in [0.15, 0.2) is 0 Å². The number of carbonyl (C=O) groups excluding carboxylic acids is 1. The minimum absolute atomic E-state index is 0. The fourth-order valence-electron chi connectivity index (χ4n) is 3.23. The molecule has 3 rings (SSSR count). The number of hydrogen-bond acceptors (Lipinski definition) is 3. The van der Waals surface area contributed by atoms with Crippen molar-refractivity contribution in [2.45, 2.75) is 13.8 Å². The molecule has 0 aromatic heterocycles. The summed E-state index contributed by atoms with van der Waals surface area (Å²) in [6.45, 7) is 7.55. The molecule has 0 fully saturated rings. The van der Waals surface area contributed by atoms with E-state index >= 15 is 0 Å². The smallest absolute Gasteiger partial charge is 0.300 e. The van der Waals surface area contributed by atoms with Gasteiger partial charge in [0.05, 0.1) is 10.0 Å². The predicted molar refractivity (Wildman–Crippen MR) is 144 cm³/mol. The van der Waals surface area contributed by atoms with Gasteiger partial charge in [-0.15, -0.1) is 12.4 Å². The Morgan fingerprint density at radius 3 is 2.32 bits per heavy atom. The summed E-state index contributed by atoms with van der Waals surface area (Å²) >= 11 is 12.7. The molecule has 1 amide bonds. The van der Waals surface area contributed by atoms with E-state index in [0.29, 0.717) is 33.7 Å². The average molecular weight is 518 g/mol. The van der Waals surface area contributed by atoms with Crippen LogP contribution in [-0.4, -0.2) is 37.0 Å². The van der Waals surface area contributed by atoms with Gasteiger partial charge in [-0.25, -0.2) is 0 Å². The number of anilines is 1. The van der Waals surface area contributed by atoms with E-state index in [4.69, 9.17) is 27.9 Å². The van der Waals surface area contributed by atoms with Crippen LogP contribution in [0.2, 0.25) is 10.0 Å². The van der Waals surface area contributed by atoms with Gasteiger partial charge < -0.3 is 15.0 Å². The lowest BCUT2D eigenvalue weighted by molar-refractivity contribution is -0.111. The maximum atomic E-state index is 12.3. The predicted octanol–water partition coefficient (Wildman–Crippen LogP) is 6.79. The van der Waals surface area contributed by atoms with E-state index in [1.165, 1.54) is 0 Å². The number of nitrogens with one attached hydrogen (secondary N) is 1. The Morgan fingerprint density at radius 1 is 0.941 bits per heavy atom. The molecule has 0 aliphatic rings. The Kier molecular flexibility index (Phi) is 11.3. The van der Waals surface area contributed by atoms with Crippen LogP contribution in [0.1, 0.15) is 19.4 Å². The summed E-state index contributed by atoms with van der Waals surface area (Å²) in [7, 11) is 0. The first-order valence-electron chi connectivity index (χ1n) is 10.8. The summed E-state index contributed by atoms with van der Waals surface area (Å²) in [6, 6.07) is 20.6. The minimum Gasteiger partial charge on any atom is -0.491 e. The van der Waals surface area contributed by atoms with Crippen molar-refractivity contribution in [3.63, 3.8) is 0 Å². The van der Waals surface area contributed by atoms with Gasteiger partial charge in [0, 0.05) is 23.7 Å². The van der Waals surface area contributed by atoms with Crippen LogP contribution < -0.4 is 10.1 Å². The van der Waals surface area contributed by atoms with Crippen LogP contribution in [-0.2, 0) is 4.79 Å². The van der Waals surface area contributed by atoms with Crippen molar-refractivity contribution in [3.05, 3.63) is 82.3 Å². The van der Waals surface area contributed by atoms with Crippen LogP contribution in [0.4, 0.5) is 5.69 Å². The maximum Gasteiger partial charge on any atom is 0.300 e. The van der Waals surface area contributed by atoms with E-state index in [9.17, 15) is 4.79 Å². The summed E-state index contributed by atoms with van der Waals surface area (Å²) in [5.41, 5.74) is 3.18. The Bertz CT molecular complexity index is 1150. The SMILES string of the molecule is CCN(CC)CCOc1ccc(NC(=O)C#Cc2ccc(-c3ccccc3)cc2Cl)cc1Cl.Cl. The third-order valence-electron chi connectivity index (χ3n) is 5.14. The Morgan fingerprint density at radius 2 is 1.68 bits per heavy atom. The number of benzene rings is 3. The lowest BCUT2D eigenvalue weighted by Crippen LogP contribution is -2.27. The number of hydrogen-bond donors (Lipinski definition) is 1. The zero-order valence-corrected chi connectivity index (χ0v) is 21.4. The van der Waals surface area contributed by atoms with Crippen molar-refractivity contribution < 1.29 is 9.53 Å². The highest BCUT2D eigenvalue weighted by molar-refractivity contribution is 6.32. The molecule has 0 radical (unpaired) electrons. The first kappa shape index (κ1) is 27.6. The average Bonchev–Trinajstić information content (AvgIpc) is 2.83. The van der Waals surface area contributed by atoms with Crippen molar-refractivity contribution in [3.8, 4) is 28.7 Å². The van der Waals surface area contributed by atoms with Gasteiger partial charge in [-0.3, -0.25) is 4.79 Å². The third kappa shape index (κ3) is 7.97. The molecular formula is C27H27Cl3N2O2. The van der Waals surface area contributed by atoms with Crippen LogP contribution in [0.15, 0.2) is 66.7 Å². The van der Waals surface area contributed by atoms with E-state index < -0.39 is 5.91 Å². The molecule has 0 aliphatic carbocycles. The second-order valence-electron chi connectivity index (χ2n) is 7.29. The molecule has 0 unspecified atom stereocenters. The molecule has 0 saturated carbocycles. The molecule has 34 heavy (non-hydrogen) atoms. The van der Waals surface area contributed by atoms with Gasteiger partial charge in [-0.05, 0) is 54.5 Å². The molecular weight excluding hydrogens is 491 g/mol. The Labute approximate surface area is 217 Å². The molecule has 0 aliphatic heterocycles. The van der Waals surface area contributed by atoms with Gasteiger partial charge in [-0.2, -0.15) is 0 Å². The molecule has 178 valence electrons. The van der Waals surface area contributed by atoms with Gasteiger partial charge in [0.2, 0.25) is 0 Å². The molecule has 1 N–H and O–H groups in total. The van der Waals surface area contributed by atoms with Crippen molar-refractivity contribution in [1.29, 1.82) is 0 Å². The maximum absolute atomic E-state index is 12.3. The van der Waals surface area contributed by atoms with Gasteiger partial charge in [-0.1, -0.05) is 79.4 Å². The lowest BCUT2D eigenvalue weighted by atomic mass is 10.0. The molecule has 3 aromatic rings. The number of halogens is 3. The zero-order chi connectivity index (χ0) is 23.6. The van der Waals surface area contributed by atoms with Crippen molar-refractivity contribution >= 4 is 47.2 Å². The largest absolute Gasteiger partial charge is 0.491 e. The second-order valence-corrected chi connectivity index (χ2v) is 8.10. The topological polar surface area (TPSA) is 41.6 Å². The number of carbonyl (C=O) groups is 1. The first-order valence-corrected chi connectivity index (χ1v) is 11.6. The van der Waals surface area contributed by atoms with Gasteiger partial charge in [0.1, 0.15) is 12.4 Å². The summed E-state index contributed by atoms with van der Waals surface area (Å²) in [5.74, 6) is 5.54. The van der Waals surface area contributed by atoms with E-state index in [2.05, 4.69) is 35.9 Å². The molecule has 0 spiro atoms. The molecule has 3 aromatic carbocycles. The summed E-state index contributed by atoms with van der Waals surface area (Å²) in [6.07, 6.45) is 0. The molecule has 4 nitrogen and oxygen atoms in total. The molecule has 0 heterocycles. The number of rotatable bonds is 8. The Balaban J connectivity index is 0.00000408. The molecule has 0 atom stereocenters. The third-order valence-corrected chi connectivity index (χ3v) is 5.74. The fraction of sp³-hybridized carbons (Fsp3) is 0.222. The normalized spacial score (nSPS) is 10.1. The van der Waals surface area contributed by atoms with E-state index in [1.807, 2.05) is 48.5 Å². The fourth-order valence-corrected chi connectivity index (χ4v) is 3.70. The minimum atomic E-state index is -0.454. The highest BCUT2D eigenvalue weighted by atomic mass is 35.5. The number of ether oxygens (including phenoxy) is 1. The summed E-state index contributed by atoms with van der Waals surface area (Å²) in [5, 5.41) is 3.65. The lowest BCUT2D eigenvalue weighted by Gasteiger charge is -2.18. The van der Waals surface area contributed by atoms with Crippen LogP contribution in [0.25, 0.3) is 11.1 Å². The second kappa shape index (κ2) is 13.9. The molecule has 7 heteroatoms. The number of nitrogens with zero attached hydrogens (tertiary/aromatic N) is 1. The van der Waals surface area contributed by atoms with Crippen LogP contribution in [0.5, 0.6) is 5.75 Å². The zero-order valence-electron chi connectivity index (χ0n) is 19.1. The van der Waals surface area contributed by atoms with Crippen LogP contribution in [0, 0.1) is 11.8 Å². The Hall–Kier alpha value is -2.68. The van der Waals surface area contributed by atoms with Gasteiger partial charge >= 0.3 is 5.91 Å². The standard InChI is InChI=1S/C27H26Cl2N2O2.ClH/c1-3-31(4-2)16-17-33-26-14-13-23(19-25(26)29)30-27(32)15-12-21-10-11-22(18-24(21)28)20-8-6-5-7-9-20;/h5-11,13-14,18-19H,3-4,16-17H2,1-2H3,(H,30,32);1H. The van der Waals surface area contributed by atoms with Crippen molar-refractivity contribution in [2.75, 3.05) is 31.6 Å².